The summed E-state index contributed by atoms with van der Waals surface area (Å²) < 4.78 is 54.3. The number of hydrogen-bond acceptors (Lipinski definition) is 15. The van der Waals surface area contributed by atoms with Gasteiger partial charge in [0.1, 0.15) is 23.7 Å². The van der Waals surface area contributed by atoms with E-state index in [1.165, 1.54) is 6.07 Å². The molecule has 302 valence electrons. The van der Waals surface area contributed by atoms with Crippen LogP contribution in [0.25, 0.3) is 11.6 Å². The van der Waals surface area contributed by atoms with Crippen LogP contribution >= 0.6 is 0 Å². The summed E-state index contributed by atoms with van der Waals surface area (Å²) in [5, 5.41) is 17.6. The highest BCUT2D eigenvalue weighted by molar-refractivity contribution is 7.90. The number of amides is 2. The number of piperazine rings is 2. The average molecular weight is 808 g/mol. The van der Waals surface area contributed by atoms with Gasteiger partial charge in [0.2, 0.25) is 27.6 Å². The summed E-state index contributed by atoms with van der Waals surface area (Å²) in [6.45, 7) is 10.4. The second-order valence-corrected chi connectivity index (χ2v) is 15.6. The first kappa shape index (κ1) is 40.5. The van der Waals surface area contributed by atoms with Crippen LogP contribution in [-0.4, -0.2) is 117 Å². The monoisotopic (exact) mass is 807 g/mol. The number of carbonyl (C=O) groups is 2. The van der Waals surface area contributed by atoms with Gasteiger partial charge < -0.3 is 37.2 Å². The van der Waals surface area contributed by atoms with E-state index in [0.29, 0.717) is 68.2 Å². The van der Waals surface area contributed by atoms with Crippen LogP contribution in [0.15, 0.2) is 47.6 Å². The Morgan fingerprint density at radius 3 is 1.65 bits per heavy atom. The molecule has 2 amide bonds. The maximum atomic E-state index is 13.6. The van der Waals surface area contributed by atoms with Gasteiger partial charge in [0.15, 0.2) is 23.3 Å². The Morgan fingerprint density at radius 1 is 0.719 bits per heavy atom. The number of hydrogen-bond donors (Lipinski definition) is 5. The molecule has 2 fully saturated rings. The summed E-state index contributed by atoms with van der Waals surface area (Å²) in [6.07, 6.45) is 1.06. The van der Waals surface area contributed by atoms with Crippen LogP contribution in [0.3, 0.4) is 0 Å². The van der Waals surface area contributed by atoms with E-state index < -0.39 is 45.4 Å². The van der Waals surface area contributed by atoms with E-state index in [9.17, 15) is 26.8 Å². The van der Waals surface area contributed by atoms with E-state index in [2.05, 4.69) is 46.1 Å². The third-order valence-corrected chi connectivity index (χ3v) is 9.87. The minimum absolute atomic E-state index is 0.181. The normalized spacial score (nSPS) is 17.2. The molecule has 19 nitrogen and oxygen atoms in total. The molecule has 2 aliphatic heterocycles. The fourth-order valence-corrected chi connectivity index (χ4v) is 6.83. The fraction of sp³-hybridized carbons (Fsp3) is 0.371. The summed E-state index contributed by atoms with van der Waals surface area (Å²) in [5.74, 6) is -0.840. The molecule has 22 heteroatoms. The Balaban J connectivity index is 0.000000196. The number of aromatic nitrogens is 8. The van der Waals surface area contributed by atoms with E-state index in [1.54, 1.807) is 21.5 Å². The van der Waals surface area contributed by atoms with Crippen LogP contribution in [0, 0.1) is 39.3 Å². The number of primary amides is 2. The van der Waals surface area contributed by atoms with Crippen LogP contribution in [0.5, 0.6) is 0 Å². The van der Waals surface area contributed by atoms with Crippen molar-refractivity contribution in [2.75, 3.05) is 60.6 Å². The SMILES string of the molecule is Cc1cc(C)n(-c2cc(N3CCNC(C(N)=O)C3)nc(Nc3ccc(F)c(F)c3)n2)n1.Cc1cc(C)n(-c2cc(N3CCNC(C(N)=O)C3)nc(S(C)(=O)=O)n2)n1. The maximum absolute atomic E-state index is 13.6. The highest BCUT2D eigenvalue weighted by atomic mass is 32.2. The first-order valence-electron chi connectivity index (χ1n) is 17.8. The molecule has 0 spiro atoms. The number of carbonyl (C=O) groups excluding carboxylic acids is 2. The van der Waals surface area contributed by atoms with Crippen molar-refractivity contribution in [3.8, 4) is 11.6 Å². The van der Waals surface area contributed by atoms with Gasteiger partial charge in [-0.15, -0.1) is 0 Å². The van der Waals surface area contributed by atoms with Gasteiger partial charge >= 0.3 is 0 Å². The van der Waals surface area contributed by atoms with Crippen LogP contribution < -0.4 is 37.2 Å². The number of halogens is 2. The summed E-state index contributed by atoms with van der Waals surface area (Å²) >= 11 is 0. The van der Waals surface area contributed by atoms with Crippen molar-refractivity contribution in [1.82, 2.24) is 50.1 Å². The predicted octanol–water partition coefficient (Wildman–Crippen LogP) is 0.511. The molecule has 1 aromatic carbocycles. The Hall–Kier alpha value is -6.13. The molecule has 57 heavy (non-hydrogen) atoms. The number of benzene rings is 1. The van der Waals surface area contributed by atoms with E-state index in [4.69, 9.17) is 11.5 Å². The van der Waals surface area contributed by atoms with Gasteiger partial charge in [-0.1, -0.05) is 0 Å². The molecule has 7 N–H and O–H groups in total. The maximum Gasteiger partial charge on any atom is 0.250 e. The predicted molar refractivity (Wildman–Crippen MR) is 206 cm³/mol. The Bertz CT molecular complexity index is 2420. The topological polar surface area (TPSA) is 250 Å². The van der Waals surface area contributed by atoms with E-state index in [0.717, 1.165) is 41.2 Å². The Morgan fingerprint density at radius 2 is 1.19 bits per heavy atom. The third kappa shape index (κ3) is 9.64. The molecule has 6 heterocycles. The van der Waals surface area contributed by atoms with Crippen molar-refractivity contribution in [3.05, 3.63) is 76.9 Å². The zero-order valence-corrected chi connectivity index (χ0v) is 32.7. The largest absolute Gasteiger partial charge is 0.368 e. The van der Waals surface area contributed by atoms with Gasteiger partial charge in [0, 0.05) is 80.8 Å². The second-order valence-electron chi connectivity index (χ2n) is 13.7. The number of aryl methyl sites for hydroxylation is 4. The van der Waals surface area contributed by atoms with Crippen LogP contribution in [0.1, 0.15) is 22.8 Å². The minimum atomic E-state index is -3.63. The molecule has 2 atom stereocenters. The van der Waals surface area contributed by atoms with Crippen molar-refractivity contribution in [1.29, 1.82) is 0 Å². The molecule has 7 rings (SSSR count). The average Bonchev–Trinajstić information content (AvgIpc) is 3.70. The van der Waals surface area contributed by atoms with E-state index >= 15 is 0 Å². The van der Waals surface area contributed by atoms with Crippen molar-refractivity contribution < 1.29 is 26.8 Å². The van der Waals surface area contributed by atoms with E-state index in [1.807, 2.05) is 49.6 Å². The summed E-state index contributed by atoms with van der Waals surface area (Å²) in [4.78, 5) is 44.2. The molecular formula is C35H43F2N15O4S. The molecule has 0 aliphatic carbocycles. The molecule has 0 bridgehead atoms. The van der Waals surface area contributed by atoms with Crippen molar-refractivity contribution in [2.45, 2.75) is 44.9 Å². The molecule has 2 unspecified atom stereocenters. The Kier molecular flexibility index (Phi) is 11.8. The zero-order valence-electron chi connectivity index (χ0n) is 31.9. The van der Waals surface area contributed by atoms with E-state index in [-0.39, 0.29) is 11.1 Å². The highest BCUT2D eigenvalue weighted by Gasteiger charge is 2.28. The van der Waals surface area contributed by atoms with Crippen LogP contribution in [0.2, 0.25) is 0 Å². The summed E-state index contributed by atoms with van der Waals surface area (Å²) in [6, 6.07) is 9.62. The molecular weight excluding hydrogens is 765 g/mol. The second kappa shape index (κ2) is 16.5. The van der Waals surface area contributed by atoms with Gasteiger partial charge in [-0.25, -0.2) is 31.5 Å². The number of anilines is 4. The number of rotatable bonds is 9. The standard InChI is InChI=1S/C20H22F2N8O.C15H21N7O3S/c1-11-7-12(2)30(28-11)18-9-17(29-6-5-24-16(10-29)19(23)31)26-20(27-18)25-13-3-4-14(21)15(22)8-13;1-9-6-10(2)22(20-9)13-7-12(18-15(19-13)26(3,24)25)21-5-4-17-11(8-21)14(16)23/h3-4,7-9,16,24H,5-6,10H2,1-2H3,(H2,23,31)(H,25,26,27);6-7,11,17H,4-5,8H2,1-3H3,(H2,16,23). The quantitative estimate of drug-likeness (QED) is 0.127. The number of nitrogens with zero attached hydrogens (tertiary/aromatic N) is 10. The first-order valence-corrected chi connectivity index (χ1v) is 19.7. The number of nitrogens with two attached hydrogens (primary N) is 2. The van der Waals surface area contributed by atoms with Gasteiger partial charge in [-0.05, 0) is 52.0 Å². The van der Waals surface area contributed by atoms with Crippen LogP contribution in [0.4, 0.5) is 32.1 Å². The highest BCUT2D eigenvalue weighted by Crippen LogP contribution is 2.24. The zero-order chi connectivity index (χ0) is 41.2. The van der Waals surface area contributed by atoms with Gasteiger partial charge in [-0.2, -0.15) is 25.1 Å². The Labute approximate surface area is 326 Å². The lowest BCUT2D eigenvalue weighted by Gasteiger charge is -2.33. The number of sulfone groups is 1. The first-order chi connectivity index (χ1) is 26.9. The lowest BCUT2D eigenvalue weighted by Crippen LogP contribution is -2.56. The van der Waals surface area contributed by atoms with Gasteiger partial charge in [0.05, 0.1) is 11.4 Å². The molecule has 2 aliphatic rings. The molecule has 2 saturated heterocycles. The van der Waals surface area contributed by atoms with Crippen molar-refractivity contribution in [3.63, 3.8) is 0 Å². The summed E-state index contributed by atoms with van der Waals surface area (Å²) in [7, 11) is -3.63. The molecule has 4 aromatic heterocycles. The third-order valence-electron chi connectivity index (χ3n) is 9.02. The van der Waals surface area contributed by atoms with Crippen molar-refractivity contribution in [2.24, 2.45) is 11.5 Å². The summed E-state index contributed by atoms with van der Waals surface area (Å²) in [5.41, 5.74) is 14.4. The van der Waals surface area contributed by atoms with Crippen molar-refractivity contribution >= 4 is 44.9 Å². The smallest absolute Gasteiger partial charge is 0.250 e. The van der Waals surface area contributed by atoms with Gasteiger partial charge in [-0.3, -0.25) is 9.59 Å². The lowest BCUT2D eigenvalue weighted by atomic mass is 10.2. The number of nitrogens with one attached hydrogen (secondary N) is 3. The fourth-order valence-electron chi connectivity index (χ4n) is 6.31. The molecule has 0 radical (unpaired) electrons. The van der Waals surface area contributed by atoms with Gasteiger partial charge in [0.25, 0.3) is 5.16 Å². The lowest BCUT2D eigenvalue weighted by molar-refractivity contribution is -0.120. The minimum Gasteiger partial charge on any atom is -0.368 e. The van der Waals surface area contributed by atoms with Crippen LogP contribution in [-0.2, 0) is 19.4 Å². The molecule has 0 saturated carbocycles. The molecule has 5 aromatic rings.